The van der Waals surface area contributed by atoms with E-state index in [1.54, 1.807) is 0 Å². The second-order valence-corrected chi connectivity index (χ2v) is 4.86. The molecular formula is C14H16ClN3. The minimum absolute atomic E-state index is 0.0328. The zero-order valence-electron chi connectivity index (χ0n) is 10.5. The molecule has 2 N–H and O–H groups in total. The van der Waals surface area contributed by atoms with Gasteiger partial charge in [0.05, 0.1) is 0 Å². The first-order valence-electron chi connectivity index (χ1n) is 5.88. The smallest absolute Gasteiger partial charge is 0.132 e. The molecule has 0 unspecified atom stereocenters. The van der Waals surface area contributed by atoms with Gasteiger partial charge in [0.1, 0.15) is 5.82 Å². The Bertz CT molecular complexity index is 535. The van der Waals surface area contributed by atoms with E-state index in [0.29, 0.717) is 6.42 Å². The summed E-state index contributed by atoms with van der Waals surface area (Å²) in [7, 11) is 0. The summed E-state index contributed by atoms with van der Waals surface area (Å²) in [5, 5.41) is 0.739. The molecule has 1 atom stereocenters. The highest BCUT2D eigenvalue weighted by Crippen LogP contribution is 2.15. The average Bonchev–Trinajstić information content (AvgIpc) is 2.32. The Labute approximate surface area is 112 Å². The Morgan fingerprint density at radius 2 is 1.94 bits per heavy atom. The molecule has 3 nitrogen and oxygen atoms in total. The first-order chi connectivity index (χ1) is 8.56. The molecule has 1 heterocycles. The largest absolute Gasteiger partial charge is 0.324 e. The van der Waals surface area contributed by atoms with Crippen LogP contribution in [0, 0.1) is 6.92 Å². The molecule has 1 aromatic heterocycles. The molecule has 18 heavy (non-hydrogen) atoms. The summed E-state index contributed by atoms with van der Waals surface area (Å²) in [4.78, 5) is 8.84. The fraction of sp³-hybridized carbons (Fsp3) is 0.286. The third kappa shape index (κ3) is 3.06. The lowest BCUT2D eigenvalue weighted by Gasteiger charge is -2.09. The summed E-state index contributed by atoms with van der Waals surface area (Å²) in [6.45, 7) is 3.90. The van der Waals surface area contributed by atoms with E-state index in [4.69, 9.17) is 17.3 Å². The Morgan fingerprint density at radius 1 is 1.28 bits per heavy atom. The van der Waals surface area contributed by atoms with Crippen molar-refractivity contribution in [2.75, 3.05) is 0 Å². The summed E-state index contributed by atoms with van der Waals surface area (Å²) in [5.74, 6) is 0.805. The SMILES string of the molecule is Cc1nc(Cc2ccc(Cl)cc2)ncc1[C@@H](C)N. The molecule has 4 heteroatoms. The van der Waals surface area contributed by atoms with E-state index in [1.165, 1.54) is 0 Å². The van der Waals surface area contributed by atoms with E-state index >= 15 is 0 Å². The Morgan fingerprint density at radius 3 is 2.50 bits per heavy atom. The summed E-state index contributed by atoms with van der Waals surface area (Å²) in [6, 6.07) is 7.69. The maximum atomic E-state index is 5.85. The van der Waals surface area contributed by atoms with Crippen LogP contribution in [0.5, 0.6) is 0 Å². The van der Waals surface area contributed by atoms with E-state index in [9.17, 15) is 0 Å². The fourth-order valence-electron chi connectivity index (χ4n) is 1.84. The molecule has 0 aliphatic heterocycles. The molecule has 0 fully saturated rings. The molecule has 2 rings (SSSR count). The van der Waals surface area contributed by atoms with Gasteiger partial charge in [-0.25, -0.2) is 9.97 Å². The fourth-order valence-corrected chi connectivity index (χ4v) is 1.97. The van der Waals surface area contributed by atoms with E-state index in [2.05, 4.69) is 9.97 Å². The zero-order chi connectivity index (χ0) is 13.1. The van der Waals surface area contributed by atoms with E-state index in [0.717, 1.165) is 27.7 Å². The van der Waals surface area contributed by atoms with Crippen molar-refractivity contribution >= 4 is 11.6 Å². The molecule has 0 saturated heterocycles. The third-order valence-corrected chi connectivity index (χ3v) is 3.09. The lowest BCUT2D eigenvalue weighted by molar-refractivity contribution is 0.777. The minimum Gasteiger partial charge on any atom is -0.324 e. The number of nitrogens with two attached hydrogens (primary N) is 1. The summed E-state index contributed by atoms with van der Waals surface area (Å²) >= 11 is 5.85. The van der Waals surface area contributed by atoms with Crippen LogP contribution >= 0.6 is 11.6 Å². The Balaban J connectivity index is 2.20. The van der Waals surface area contributed by atoms with Crippen LogP contribution < -0.4 is 5.73 Å². The second kappa shape index (κ2) is 5.46. The molecule has 0 spiro atoms. The van der Waals surface area contributed by atoms with Gasteiger partial charge in [0.15, 0.2) is 0 Å². The van der Waals surface area contributed by atoms with Crippen molar-refractivity contribution in [2.45, 2.75) is 26.3 Å². The van der Waals surface area contributed by atoms with Crippen molar-refractivity contribution in [3.63, 3.8) is 0 Å². The zero-order valence-corrected chi connectivity index (χ0v) is 11.3. The van der Waals surface area contributed by atoms with Gasteiger partial charge in [0, 0.05) is 34.9 Å². The number of hydrogen-bond acceptors (Lipinski definition) is 3. The van der Waals surface area contributed by atoms with Crippen molar-refractivity contribution in [2.24, 2.45) is 5.73 Å². The topological polar surface area (TPSA) is 51.8 Å². The van der Waals surface area contributed by atoms with Crippen molar-refractivity contribution in [1.29, 1.82) is 0 Å². The standard InChI is InChI=1S/C14H16ClN3/c1-9(16)13-8-17-14(18-10(13)2)7-11-3-5-12(15)6-4-11/h3-6,8-9H,7,16H2,1-2H3/t9-/m1/s1. The lowest BCUT2D eigenvalue weighted by Crippen LogP contribution is -2.10. The number of aryl methyl sites for hydroxylation is 1. The predicted molar refractivity (Wildman–Crippen MR) is 73.6 cm³/mol. The number of nitrogens with zero attached hydrogens (tertiary/aromatic N) is 2. The van der Waals surface area contributed by atoms with Crippen LogP contribution in [-0.2, 0) is 6.42 Å². The van der Waals surface area contributed by atoms with Crippen LogP contribution in [0.1, 0.15) is 35.6 Å². The average molecular weight is 262 g/mol. The number of hydrogen-bond donors (Lipinski definition) is 1. The third-order valence-electron chi connectivity index (χ3n) is 2.83. The Kier molecular flexibility index (Phi) is 3.94. The highest BCUT2D eigenvalue weighted by molar-refractivity contribution is 6.30. The van der Waals surface area contributed by atoms with Crippen molar-refractivity contribution in [1.82, 2.24) is 9.97 Å². The van der Waals surface area contributed by atoms with Gasteiger partial charge < -0.3 is 5.73 Å². The van der Waals surface area contributed by atoms with Crippen LogP contribution in [0.25, 0.3) is 0 Å². The van der Waals surface area contributed by atoms with E-state index in [-0.39, 0.29) is 6.04 Å². The van der Waals surface area contributed by atoms with Gasteiger partial charge in [-0.1, -0.05) is 23.7 Å². The normalized spacial score (nSPS) is 12.4. The molecule has 0 aliphatic rings. The summed E-state index contributed by atoms with van der Waals surface area (Å²) < 4.78 is 0. The number of halogens is 1. The number of rotatable bonds is 3. The van der Waals surface area contributed by atoms with Gasteiger partial charge in [-0.05, 0) is 31.5 Å². The molecule has 0 saturated carbocycles. The van der Waals surface area contributed by atoms with Gasteiger partial charge >= 0.3 is 0 Å². The maximum absolute atomic E-state index is 5.85. The molecule has 2 aromatic rings. The van der Waals surface area contributed by atoms with Crippen LogP contribution in [0.3, 0.4) is 0 Å². The van der Waals surface area contributed by atoms with Crippen LogP contribution in [0.15, 0.2) is 30.5 Å². The first kappa shape index (κ1) is 13.0. The highest BCUT2D eigenvalue weighted by Gasteiger charge is 2.07. The molecule has 0 bridgehead atoms. The van der Waals surface area contributed by atoms with Crippen molar-refractivity contribution < 1.29 is 0 Å². The quantitative estimate of drug-likeness (QED) is 0.924. The lowest BCUT2D eigenvalue weighted by atomic mass is 10.1. The Hall–Kier alpha value is -1.45. The molecule has 0 amide bonds. The molecule has 0 aliphatic carbocycles. The van der Waals surface area contributed by atoms with Crippen LogP contribution in [0.2, 0.25) is 5.02 Å². The summed E-state index contributed by atoms with van der Waals surface area (Å²) in [5.41, 5.74) is 8.93. The minimum atomic E-state index is -0.0328. The summed E-state index contributed by atoms with van der Waals surface area (Å²) in [6.07, 6.45) is 2.52. The van der Waals surface area contributed by atoms with Gasteiger partial charge in [-0.3, -0.25) is 0 Å². The molecule has 94 valence electrons. The van der Waals surface area contributed by atoms with Crippen molar-refractivity contribution in [3.05, 3.63) is 58.1 Å². The van der Waals surface area contributed by atoms with Gasteiger partial charge in [0.25, 0.3) is 0 Å². The highest BCUT2D eigenvalue weighted by atomic mass is 35.5. The number of benzene rings is 1. The van der Waals surface area contributed by atoms with E-state index < -0.39 is 0 Å². The first-order valence-corrected chi connectivity index (χ1v) is 6.26. The maximum Gasteiger partial charge on any atom is 0.132 e. The predicted octanol–water partition coefficient (Wildman–Crippen LogP) is 3.05. The van der Waals surface area contributed by atoms with Gasteiger partial charge in [-0.15, -0.1) is 0 Å². The monoisotopic (exact) mass is 261 g/mol. The van der Waals surface area contributed by atoms with Gasteiger partial charge in [0.2, 0.25) is 0 Å². The molecule has 1 aromatic carbocycles. The molecular weight excluding hydrogens is 246 g/mol. The van der Waals surface area contributed by atoms with Crippen LogP contribution in [0.4, 0.5) is 0 Å². The number of aromatic nitrogens is 2. The molecule has 0 radical (unpaired) electrons. The van der Waals surface area contributed by atoms with E-state index in [1.807, 2.05) is 44.3 Å². The van der Waals surface area contributed by atoms with Crippen LogP contribution in [-0.4, -0.2) is 9.97 Å². The van der Waals surface area contributed by atoms with Crippen molar-refractivity contribution in [3.8, 4) is 0 Å². The second-order valence-electron chi connectivity index (χ2n) is 4.42. The van der Waals surface area contributed by atoms with Gasteiger partial charge in [-0.2, -0.15) is 0 Å².